The van der Waals surface area contributed by atoms with Crippen molar-refractivity contribution in [3.63, 3.8) is 0 Å². The van der Waals surface area contributed by atoms with Crippen molar-refractivity contribution in [1.29, 1.82) is 0 Å². The molecule has 0 radical (unpaired) electrons. The second-order valence-corrected chi connectivity index (χ2v) is 25.6. The summed E-state index contributed by atoms with van der Waals surface area (Å²) in [5.41, 5.74) is 7.83. The van der Waals surface area contributed by atoms with E-state index in [1.807, 2.05) is 25.1 Å². The number of fused-ring (bicyclic) bond motifs is 2. The first-order valence-corrected chi connectivity index (χ1v) is 22.3. The van der Waals surface area contributed by atoms with Gasteiger partial charge < -0.3 is 0 Å². The topological polar surface area (TPSA) is 60.7 Å². The first-order chi connectivity index (χ1) is 24.5. The Kier molecular flexibility index (Phi) is 10.2. The molecule has 0 aliphatic heterocycles. The number of aryl methyl sites for hydroxylation is 1. The van der Waals surface area contributed by atoms with Gasteiger partial charge in [-0.1, -0.05) is 0 Å². The summed E-state index contributed by atoms with van der Waals surface area (Å²) in [6, 6.07) is 23.4. The third-order valence-electron chi connectivity index (χ3n) is 11.5. The fourth-order valence-corrected chi connectivity index (χ4v) is 10.7. The Morgan fingerprint density at radius 2 is 0.800 bits per heavy atom. The van der Waals surface area contributed by atoms with Crippen LogP contribution in [-0.2, 0) is 32.5 Å². The molecule has 0 aliphatic rings. The molecule has 4 heteroatoms. The fourth-order valence-electron chi connectivity index (χ4n) is 8.16. The Bertz CT molecular complexity index is 2310. The average molecular weight is 763 g/mol. The summed E-state index contributed by atoms with van der Waals surface area (Å²) in [7, 11) is -5.88. The first kappa shape index (κ1) is 43.1. The van der Waals surface area contributed by atoms with Crippen molar-refractivity contribution in [2.24, 2.45) is 0 Å². The van der Waals surface area contributed by atoms with Crippen LogP contribution in [0.1, 0.15) is 164 Å². The maximum absolute atomic E-state index is 13.1. The summed E-state index contributed by atoms with van der Waals surface area (Å²) in [6.45, 7) is 41.8. The van der Waals surface area contributed by atoms with Gasteiger partial charge in [0, 0.05) is 0 Å². The van der Waals surface area contributed by atoms with E-state index in [9.17, 15) is 14.7 Å². The van der Waals surface area contributed by atoms with Crippen LogP contribution in [0, 0.1) is 6.92 Å². The van der Waals surface area contributed by atoms with Gasteiger partial charge in [0.1, 0.15) is 0 Å². The molecule has 5 aromatic rings. The molecule has 0 amide bonds. The van der Waals surface area contributed by atoms with Gasteiger partial charge in [0.15, 0.2) is 0 Å². The van der Waals surface area contributed by atoms with E-state index < -0.39 is 12.7 Å². The zero-order valence-electron chi connectivity index (χ0n) is 37.6. The van der Waals surface area contributed by atoms with E-state index in [0.717, 1.165) is 44.0 Å². The molecule has 3 nitrogen and oxygen atoms in total. The van der Waals surface area contributed by atoms with Crippen molar-refractivity contribution in [2.45, 2.75) is 164 Å². The summed E-state index contributed by atoms with van der Waals surface area (Å²) in [5, 5.41) is 4.65. The predicted octanol–water partition coefficient (Wildman–Crippen LogP) is 13.0. The molecule has 0 saturated heterocycles. The molecule has 5 aromatic carbocycles. The van der Waals surface area contributed by atoms with Crippen molar-refractivity contribution in [3.05, 3.63) is 106 Å². The van der Waals surface area contributed by atoms with E-state index in [4.69, 9.17) is 0 Å². The third-order valence-corrected chi connectivity index (χ3v) is 14.0. The van der Waals surface area contributed by atoms with Crippen molar-refractivity contribution in [3.8, 4) is 11.1 Å². The Morgan fingerprint density at radius 3 is 1.20 bits per heavy atom. The van der Waals surface area contributed by atoms with Gasteiger partial charge in [-0.3, -0.25) is 0 Å². The number of rotatable bonds is 3. The minimum atomic E-state index is -5.88. The molecule has 0 bridgehead atoms. The van der Waals surface area contributed by atoms with Crippen LogP contribution in [0.3, 0.4) is 0 Å². The molecule has 0 heterocycles. The Labute approximate surface area is 333 Å². The van der Waals surface area contributed by atoms with E-state index in [1.54, 1.807) is 6.07 Å². The Morgan fingerprint density at radius 1 is 0.400 bits per heavy atom. The number of benzene rings is 5. The van der Waals surface area contributed by atoms with Crippen molar-refractivity contribution in [1.82, 2.24) is 0 Å². The molecule has 0 atom stereocenters. The van der Waals surface area contributed by atoms with Crippen molar-refractivity contribution in [2.75, 3.05) is 0 Å². The molecule has 0 aromatic heterocycles. The molecule has 0 fully saturated rings. The van der Waals surface area contributed by atoms with Crippen LogP contribution < -0.4 is 10.6 Å². The minimum absolute atomic E-state index is 0.0361. The van der Waals surface area contributed by atoms with Gasteiger partial charge in [0.05, 0.1) is 0 Å². The van der Waals surface area contributed by atoms with Gasteiger partial charge in [-0.25, -0.2) is 0 Å². The van der Waals surface area contributed by atoms with Gasteiger partial charge >= 0.3 is 335 Å². The van der Waals surface area contributed by atoms with Gasteiger partial charge in [0.2, 0.25) is 0 Å². The van der Waals surface area contributed by atoms with Crippen LogP contribution in [0.5, 0.6) is 0 Å². The second-order valence-electron chi connectivity index (χ2n) is 22.7. The third kappa shape index (κ3) is 8.07. The summed E-state index contributed by atoms with van der Waals surface area (Å²) in [6.07, 6.45) is 0. The maximum atomic E-state index is 13.1. The van der Waals surface area contributed by atoms with Crippen molar-refractivity contribution < 1.29 is 14.7 Å². The molecular weight excluding hydrogens is 692 g/mol. The molecule has 0 unspecified atom stereocenters. The number of hydrogen-bond donors (Lipinski definition) is 3. The molecule has 298 valence electrons. The average Bonchev–Trinajstić information content (AvgIpc) is 2.99. The summed E-state index contributed by atoms with van der Waals surface area (Å²) in [5.74, 6) is 0. The van der Waals surface area contributed by atoms with Crippen LogP contribution in [-0.4, -0.2) is 14.7 Å². The normalized spacial score (nSPS) is 14.8. The van der Waals surface area contributed by atoms with E-state index >= 15 is 0 Å². The molecule has 0 aliphatic carbocycles. The van der Waals surface area contributed by atoms with Crippen LogP contribution >= 0.6 is 7.28 Å². The summed E-state index contributed by atoms with van der Waals surface area (Å²) in [4.78, 5) is 39.4. The quantitative estimate of drug-likeness (QED) is 0.160. The molecule has 3 N–H and O–H groups in total. The van der Waals surface area contributed by atoms with Gasteiger partial charge in [-0.2, -0.15) is 0 Å². The molecular formula is C51H71O3P. The monoisotopic (exact) mass is 763 g/mol. The zero-order chi connectivity index (χ0) is 41.9. The first-order valence-electron chi connectivity index (χ1n) is 20.2. The van der Waals surface area contributed by atoms with Crippen LogP contribution in [0.25, 0.3) is 32.7 Å². The predicted molar refractivity (Wildman–Crippen MR) is 243 cm³/mol. The molecule has 55 heavy (non-hydrogen) atoms. The van der Waals surface area contributed by atoms with Gasteiger partial charge in [0.25, 0.3) is 0 Å². The van der Waals surface area contributed by atoms with Crippen molar-refractivity contribution >= 4 is 39.4 Å². The number of hydrogen-bond acceptors (Lipinski definition) is 3. The Balaban J connectivity index is 1.98. The second kappa shape index (κ2) is 13.0. The van der Waals surface area contributed by atoms with E-state index in [-0.39, 0.29) is 37.7 Å². The van der Waals surface area contributed by atoms with Crippen LogP contribution in [0.4, 0.5) is 0 Å². The molecule has 5 rings (SSSR count). The summed E-state index contributed by atoms with van der Waals surface area (Å²) < 4.78 is 0. The SMILES string of the molecule is Cc1cccc(P(O)(O)(O)c2cc3c(C(C)(C)C)cc(C(C)(C)C)cc3cc2C(C)(C)C)c1-c1cc2c(C(C)(C)C)cc(C(C)(C)C)cc2cc1C(C)(C)C. The molecule has 0 saturated carbocycles. The molecule has 0 spiro atoms. The van der Waals surface area contributed by atoms with E-state index in [1.165, 1.54) is 22.1 Å². The Hall–Kier alpha value is -3.07. The zero-order valence-corrected chi connectivity index (χ0v) is 38.5. The van der Waals surface area contributed by atoms with Gasteiger partial charge in [-0.05, 0) is 0 Å². The van der Waals surface area contributed by atoms with E-state index in [0.29, 0.717) is 5.56 Å². The summed E-state index contributed by atoms with van der Waals surface area (Å²) >= 11 is 0. The van der Waals surface area contributed by atoms with Gasteiger partial charge in [-0.15, -0.1) is 0 Å². The van der Waals surface area contributed by atoms with E-state index in [2.05, 4.69) is 167 Å². The van der Waals surface area contributed by atoms with Crippen LogP contribution in [0.15, 0.2) is 66.7 Å². The van der Waals surface area contributed by atoms with Crippen LogP contribution in [0.2, 0.25) is 0 Å². The fraction of sp³-hybridized carbons (Fsp3) is 0.490. The standard InChI is InChI=1S/C51H71O3P/c1-31-21-20-22-43(45(31)38-29-36-32(25-39(38)48(8,9)10)23-34(46(2,3)4)27-40(36)49(11,12)13)55(52,53,54)44-30-37-33(26-42(44)51(17,18)19)24-35(47(5,6)7)28-41(37)50(14,15)16/h20-30,52-54H,1-19H3.